The van der Waals surface area contributed by atoms with Crippen LogP contribution in [0.4, 0.5) is 11.6 Å². The fraction of sp³-hybridized carbons (Fsp3) is 0.107. The standard InChI is InChI=1S/C28H24N4O5S/c1-18-15-19(2)30-28(29-18)32-38(34,35)25-12-8-22(9-13-25)31-27(33)26-14-11-24(37-26)17-36-23-10-7-20-5-3-4-6-21(20)16-23/h3-16H,17H2,1-2H3,(H,31,33)(H,29,30,32). The molecule has 38 heavy (non-hydrogen) atoms. The average Bonchev–Trinajstić information content (AvgIpc) is 3.36. The third-order valence-electron chi connectivity index (χ3n) is 5.62. The molecular weight excluding hydrogens is 504 g/mol. The van der Waals surface area contributed by atoms with Gasteiger partial charge in [0.15, 0.2) is 5.76 Å². The number of furan rings is 1. The first-order valence-electron chi connectivity index (χ1n) is 11.7. The van der Waals surface area contributed by atoms with Gasteiger partial charge >= 0.3 is 0 Å². The number of carbonyl (C=O) groups excluding carboxylic acids is 1. The van der Waals surface area contributed by atoms with Crippen molar-refractivity contribution in [2.75, 3.05) is 10.0 Å². The Morgan fingerprint density at radius 3 is 2.32 bits per heavy atom. The lowest BCUT2D eigenvalue weighted by atomic mass is 10.1. The molecule has 2 aromatic heterocycles. The van der Waals surface area contributed by atoms with Crippen LogP contribution >= 0.6 is 0 Å². The fourth-order valence-corrected chi connectivity index (χ4v) is 4.79. The number of carbonyl (C=O) groups is 1. The van der Waals surface area contributed by atoms with Crippen molar-refractivity contribution in [3.8, 4) is 5.75 Å². The van der Waals surface area contributed by atoms with Gasteiger partial charge in [0.1, 0.15) is 18.1 Å². The minimum atomic E-state index is -3.90. The average molecular weight is 529 g/mol. The Kier molecular flexibility index (Phi) is 6.80. The molecule has 0 atom stereocenters. The van der Waals surface area contributed by atoms with Crippen molar-refractivity contribution in [2.45, 2.75) is 25.3 Å². The van der Waals surface area contributed by atoms with Crippen LogP contribution in [0, 0.1) is 13.8 Å². The molecule has 1 amide bonds. The van der Waals surface area contributed by atoms with Gasteiger partial charge in [0.05, 0.1) is 4.90 Å². The van der Waals surface area contributed by atoms with Crippen LogP contribution in [0.15, 0.2) is 94.2 Å². The number of benzene rings is 3. The van der Waals surface area contributed by atoms with Gasteiger partial charge in [-0.2, -0.15) is 0 Å². The van der Waals surface area contributed by atoms with E-state index >= 15 is 0 Å². The van der Waals surface area contributed by atoms with Crippen LogP contribution in [0.1, 0.15) is 27.7 Å². The number of aryl methyl sites for hydroxylation is 2. The predicted octanol–water partition coefficient (Wildman–Crippen LogP) is 5.47. The Morgan fingerprint density at radius 1 is 0.868 bits per heavy atom. The van der Waals surface area contributed by atoms with Crippen molar-refractivity contribution >= 4 is 38.3 Å². The molecule has 2 heterocycles. The predicted molar refractivity (Wildman–Crippen MR) is 144 cm³/mol. The van der Waals surface area contributed by atoms with Gasteiger partial charge in [-0.1, -0.05) is 30.3 Å². The zero-order valence-electron chi connectivity index (χ0n) is 20.6. The summed E-state index contributed by atoms with van der Waals surface area (Å²) in [6, 6.07) is 24.5. The highest BCUT2D eigenvalue weighted by Gasteiger charge is 2.17. The number of aromatic nitrogens is 2. The molecule has 0 saturated heterocycles. The van der Waals surface area contributed by atoms with Gasteiger partial charge in [-0.25, -0.2) is 23.1 Å². The minimum absolute atomic E-state index is 0.00176. The zero-order valence-corrected chi connectivity index (χ0v) is 21.5. The molecule has 3 aromatic carbocycles. The lowest BCUT2D eigenvalue weighted by Gasteiger charge is -2.09. The monoisotopic (exact) mass is 528 g/mol. The molecule has 0 radical (unpaired) electrons. The molecule has 0 aliphatic heterocycles. The number of amides is 1. The quantitative estimate of drug-likeness (QED) is 0.274. The Bertz CT molecular complexity index is 1710. The van der Waals surface area contributed by atoms with Crippen molar-refractivity contribution in [3.05, 3.63) is 108 Å². The third kappa shape index (κ3) is 5.81. The van der Waals surface area contributed by atoms with Gasteiger partial charge in [-0.15, -0.1) is 0 Å². The first-order chi connectivity index (χ1) is 18.2. The van der Waals surface area contributed by atoms with Crippen molar-refractivity contribution in [3.63, 3.8) is 0 Å². The Labute approximate surface area is 219 Å². The molecule has 0 saturated carbocycles. The summed E-state index contributed by atoms with van der Waals surface area (Å²) in [6.45, 7) is 3.67. The van der Waals surface area contributed by atoms with Gasteiger partial charge in [0.25, 0.3) is 15.9 Å². The van der Waals surface area contributed by atoms with E-state index in [2.05, 4.69) is 20.0 Å². The first kappa shape index (κ1) is 25.0. The van der Waals surface area contributed by atoms with Gasteiger partial charge in [0.2, 0.25) is 5.95 Å². The largest absolute Gasteiger partial charge is 0.486 e. The van der Waals surface area contributed by atoms with E-state index in [-0.39, 0.29) is 23.2 Å². The Hall–Kier alpha value is -4.70. The van der Waals surface area contributed by atoms with Crippen LogP contribution in [0.5, 0.6) is 5.75 Å². The van der Waals surface area contributed by atoms with Crippen molar-refractivity contribution in [1.29, 1.82) is 0 Å². The van der Waals surface area contributed by atoms with Crippen LogP contribution in [-0.4, -0.2) is 24.3 Å². The fourth-order valence-electron chi connectivity index (χ4n) is 3.85. The van der Waals surface area contributed by atoms with E-state index in [0.29, 0.717) is 28.6 Å². The number of rotatable bonds is 8. The lowest BCUT2D eigenvalue weighted by Crippen LogP contribution is -2.16. The van der Waals surface area contributed by atoms with Crippen LogP contribution in [0.3, 0.4) is 0 Å². The molecule has 9 nitrogen and oxygen atoms in total. The van der Waals surface area contributed by atoms with E-state index in [1.165, 1.54) is 24.3 Å². The second kappa shape index (κ2) is 10.3. The summed E-state index contributed by atoms with van der Waals surface area (Å²) in [5, 5.41) is 4.88. The summed E-state index contributed by atoms with van der Waals surface area (Å²) in [6.07, 6.45) is 0. The highest BCUT2D eigenvalue weighted by atomic mass is 32.2. The molecule has 5 rings (SSSR count). The molecule has 0 bridgehead atoms. The van der Waals surface area contributed by atoms with Crippen LogP contribution in [0.25, 0.3) is 10.8 Å². The molecule has 5 aromatic rings. The Balaban J connectivity index is 1.19. The van der Waals surface area contributed by atoms with Crippen molar-refractivity contribution in [2.24, 2.45) is 0 Å². The number of ether oxygens (including phenoxy) is 1. The summed E-state index contributed by atoms with van der Waals surface area (Å²) in [7, 11) is -3.90. The molecule has 2 N–H and O–H groups in total. The number of anilines is 2. The molecule has 0 aliphatic carbocycles. The summed E-state index contributed by atoms with van der Waals surface area (Å²) >= 11 is 0. The number of fused-ring (bicyclic) bond motifs is 1. The second-order valence-electron chi connectivity index (χ2n) is 8.62. The van der Waals surface area contributed by atoms with Gasteiger partial charge in [0, 0.05) is 17.1 Å². The Morgan fingerprint density at radius 2 is 1.58 bits per heavy atom. The first-order valence-corrected chi connectivity index (χ1v) is 13.2. The summed E-state index contributed by atoms with van der Waals surface area (Å²) in [5.74, 6) is 0.814. The van der Waals surface area contributed by atoms with Crippen molar-refractivity contribution < 1.29 is 22.4 Å². The summed E-state index contributed by atoms with van der Waals surface area (Å²) in [4.78, 5) is 20.8. The zero-order chi connectivity index (χ0) is 26.7. The molecule has 192 valence electrons. The van der Waals surface area contributed by atoms with E-state index in [4.69, 9.17) is 9.15 Å². The molecule has 0 fully saturated rings. The normalized spacial score (nSPS) is 11.3. The van der Waals surface area contributed by atoms with E-state index in [9.17, 15) is 13.2 Å². The molecule has 0 unspecified atom stereocenters. The maximum atomic E-state index is 12.7. The smallest absolute Gasteiger partial charge is 0.291 e. The van der Waals surface area contributed by atoms with E-state index in [1.54, 1.807) is 32.0 Å². The number of nitrogens with zero attached hydrogens (tertiary/aromatic N) is 2. The van der Waals surface area contributed by atoms with E-state index in [0.717, 1.165) is 10.8 Å². The van der Waals surface area contributed by atoms with Gasteiger partial charge in [-0.05, 0) is 79.2 Å². The third-order valence-corrected chi connectivity index (χ3v) is 6.96. The van der Waals surface area contributed by atoms with Gasteiger partial charge < -0.3 is 14.5 Å². The van der Waals surface area contributed by atoms with Crippen LogP contribution in [0.2, 0.25) is 0 Å². The molecule has 10 heteroatoms. The van der Waals surface area contributed by atoms with E-state index < -0.39 is 15.9 Å². The van der Waals surface area contributed by atoms with Crippen LogP contribution < -0.4 is 14.8 Å². The summed E-state index contributed by atoms with van der Waals surface area (Å²) < 4.78 is 39.2. The SMILES string of the molecule is Cc1cc(C)nc(NS(=O)(=O)c2ccc(NC(=O)c3ccc(COc4ccc5ccccc5c4)o3)cc2)n1. The van der Waals surface area contributed by atoms with E-state index in [1.807, 2.05) is 42.5 Å². The maximum absolute atomic E-state index is 12.7. The maximum Gasteiger partial charge on any atom is 0.291 e. The second-order valence-corrected chi connectivity index (χ2v) is 10.3. The topological polar surface area (TPSA) is 123 Å². The molecular formula is C28H24N4O5S. The highest BCUT2D eigenvalue weighted by molar-refractivity contribution is 7.92. The number of nitrogens with one attached hydrogen (secondary N) is 2. The number of sulfonamides is 1. The molecule has 0 aliphatic rings. The summed E-state index contributed by atoms with van der Waals surface area (Å²) in [5.41, 5.74) is 1.70. The van der Waals surface area contributed by atoms with Crippen molar-refractivity contribution in [1.82, 2.24) is 9.97 Å². The molecule has 0 spiro atoms. The highest BCUT2D eigenvalue weighted by Crippen LogP contribution is 2.22. The van der Waals surface area contributed by atoms with Gasteiger partial charge in [-0.3, -0.25) is 4.79 Å². The van der Waals surface area contributed by atoms with Crippen LogP contribution in [-0.2, 0) is 16.6 Å². The number of hydrogen-bond acceptors (Lipinski definition) is 7. The number of hydrogen-bond donors (Lipinski definition) is 2. The lowest BCUT2D eigenvalue weighted by molar-refractivity contribution is 0.0992. The minimum Gasteiger partial charge on any atom is -0.486 e.